The summed E-state index contributed by atoms with van der Waals surface area (Å²) in [6, 6.07) is 7.32. The van der Waals surface area contributed by atoms with Crippen LogP contribution in [0.3, 0.4) is 0 Å². The summed E-state index contributed by atoms with van der Waals surface area (Å²) in [6.45, 7) is 0. The number of aliphatic hydroxyl groups excluding tert-OH is 2. The van der Waals surface area contributed by atoms with Crippen molar-refractivity contribution in [2.24, 2.45) is 0 Å². The molecule has 14 heavy (non-hydrogen) atoms. The summed E-state index contributed by atoms with van der Waals surface area (Å²) in [5.41, 5.74) is 0.00949. The number of halogens is 1. The van der Waals surface area contributed by atoms with Crippen LogP contribution in [0.1, 0.15) is 18.1 Å². The van der Waals surface area contributed by atoms with Crippen LogP contribution < -0.4 is 0 Å². The standard InChI is InChI=1S/C10H10FNO2/c11-8-4-2-1-3-7(8)10(14)9(13)5-6-12/h1-4,9-10,13-14H,5H2. The minimum absolute atomic E-state index is 0.00949. The molecule has 0 fully saturated rings. The monoisotopic (exact) mass is 195 g/mol. The SMILES string of the molecule is N#CCC(O)C(O)c1ccccc1F. The van der Waals surface area contributed by atoms with Gasteiger partial charge in [0.15, 0.2) is 0 Å². The first-order valence-electron chi connectivity index (χ1n) is 4.14. The van der Waals surface area contributed by atoms with Gasteiger partial charge in [0.05, 0.1) is 18.6 Å². The van der Waals surface area contributed by atoms with Crippen LogP contribution >= 0.6 is 0 Å². The molecule has 2 atom stereocenters. The van der Waals surface area contributed by atoms with Crippen LogP contribution in [0, 0.1) is 17.1 Å². The maximum atomic E-state index is 13.1. The van der Waals surface area contributed by atoms with E-state index in [9.17, 15) is 14.6 Å². The zero-order valence-electron chi connectivity index (χ0n) is 7.39. The van der Waals surface area contributed by atoms with Crippen LogP contribution in [0.25, 0.3) is 0 Å². The van der Waals surface area contributed by atoms with Crippen molar-refractivity contribution in [1.29, 1.82) is 5.26 Å². The third-order valence-electron chi connectivity index (χ3n) is 1.89. The Kier molecular flexibility index (Phi) is 3.57. The van der Waals surface area contributed by atoms with Crippen LogP contribution in [-0.4, -0.2) is 16.3 Å². The van der Waals surface area contributed by atoms with Gasteiger partial charge in [-0.3, -0.25) is 0 Å². The molecule has 0 amide bonds. The number of nitrogens with zero attached hydrogens (tertiary/aromatic N) is 1. The summed E-state index contributed by atoms with van der Waals surface area (Å²) >= 11 is 0. The maximum Gasteiger partial charge on any atom is 0.129 e. The lowest BCUT2D eigenvalue weighted by atomic mass is 10.0. The smallest absolute Gasteiger partial charge is 0.129 e. The fourth-order valence-corrected chi connectivity index (χ4v) is 1.13. The van der Waals surface area contributed by atoms with Gasteiger partial charge in [-0.05, 0) is 6.07 Å². The predicted octanol–water partition coefficient (Wildman–Crippen LogP) is 1.13. The van der Waals surface area contributed by atoms with Gasteiger partial charge >= 0.3 is 0 Å². The number of hydrogen-bond donors (Lipinski definition) is 2. The van der Waals surface area contributed by atoms with Crippen molar-refractivity contribution < 1.29 is 14.6 Å². The summed E-state index contributed by atoms with van der Waals surface area (Å²) < 4.78 is 13.1. The molecule has 0 saturated carbocycles. The molecule has 0 saturated heterocycles. The van der Waals surface area contributed by atoms with Crippen LogP contribution in [0.15, 0.2) is 24.3 Å². The second kappa shape index (κ2) is 4.70. The van der Waals surface area contributed by atoms with Gasteiger partial charge in [-0.1, -0.05) is 18.2 Å². The fraction of sp³-hybridized carbons (Fsp3) is 0.300. The van der Waals surface area contributed by atoms with Crippen molar-refractivity contribution >= 4 is 0 Å². The van der Waals surface area contributed by atoms with Crippen molar-refractivity contribution in [2.45, 2.75) is 18.6 Å². The fourth-order valence-electron chi connectivity index (χ4n) is 1.13. The molecule has 1 rings (SSSR count). The summed E-state index contributed by atoms with van der Waals surface area (Å²) in [6.07, 6.45) is -2.83. The van der Waals surface area contributed by atoms with Crippen molar-refractivity contribution in [3.8, 4) is 6.07 Å². The quantitative estimate of drug-likeness (QED) is 0.760. The van der Waals surface area contributed by atoms with Gasteiger partial charge in [-0.2, -0.15) is 5.26 Å². The van der Waals surface area contributed by atoms with Gasteiger partial charge in [0, 0.05) is 5.56 Å². The summed E-state index contributed by atoms with van der Waals surface area (Å²) in [5, 5.41) is 27.0. The van der Waals surface area contributed by atoms with Gasteiger partial charge in [-0.25, -0.2) is 4.39 Å². The lowest BCUT2D eigenvalue weighted by Gasteiger charge is -2.15. The lowest BCUT2D eigenvalue weighted by Crippen LogP contribution is -2.18. The van der Waals surface area contributed by atoms with Crippen molar-refractivity contribution in [3.63, 3.8) is 0 Å². The summed E-state index contributed by atoms with van der Waals surface area (Å²) in [5.74, 6) is -0.586. The van der Waals surface area contributed by atoms with E-state index in [-0.39, 0.29) is 12.0 Å². The van der Waals surface area contributed by atoms with Crippen LogP contribution in [0.4, 0.5) is 4.39 Å². The average molecular weight is 195 g/mol. The molecule has 1 aromatic carbocycles. The minimum Gasteiger partial charge on any atom is -0.389 e. The van der Waals surface area contributed by atoms with E-state index in [1.165, 1.54) is 18.2 Å². The third-order valence-corrected chi connectivity index (χ3v) is 1.89. The third kappa shape index (κ3) is 2.28. The Morgan fingerprint density at radius 2 is 2.00 bits per heavy atom. The molecular formula is C10H10FNO2. The van der Waals surface area contributed by atoms with Crippen molar-refractivity contribution in [2.75, 3.05) is 0 Å². The molecule has 0 spiro atoms. The number of benzene rings is 1. The number of hydrogen-bond acceptors (Lipinski definition) is 3. The zero-order chi connectivity index (χ0) is 10.6. The molecular weight excluding hydrogens is 185 g/mol. The van der Waals surface area contributed by atoms with E-state index >= 15 is 0 Å². The highest BCUT2D eigenvalue weighted by Crippen LogP contribution is 2.21. The van der Waals surface area contributed by atoms with Gasteiger partial charge in [0.2, 0.25) is 0 Å². The van der Waals surface area contributed by atoms with E-state index in [4.69, 9.17) is 5.26 Å². The van der Waals surface area contributed by atoms with E-state index in [0.717, 1.165) is 0 Å². The number of aliphatic hydroxyl groups is 2. The van der Waals surface area contributed by atoms with Gasteiger partial charge in [0.25, 0.3) is 0 Å². The number of rotatable bonds is 3. The van der Waals surface area contributed by atoms with Gasteiger partial charge in [-0.15, -0.1) is 0 Å². The second-order valence-corrected chi connectivity index (χ2v) is 2.90. The van der Waals surface area contributed by atoms with E-state index < -0.39 is 18.0 Å². The van der Waals surface area contributed by atoms with E-state index in [2.05, 4.69) is 0 Å². The molecule has 0 bridgehead atoms. The normalized spacial score (nSPS) is 14.4. The largest absolute Gasteiger partial charge is 0.389 e. The first-order valence-corrected chi connectivity index (χ1v) is 4.14. The molecule has 0 aliphatic carbocycles. The molecule has 1 aromatic rings. The minimum atomic E-state index is -1.35. The Morgan fingerprint density at radius 3 is 2.57 bits per heavy atom. The maximum absolute atomic E-state index is 13.1. The highest BCUT2D eigenvalue weighted by atomic mass is 19.1. The lowest BCUT2D eigenvalue weighted by molar-refractivity contribution is 0.0195. The van der Waals surface area contributed by atoms with Crippen molar-refractivity contribution in [3.05, 3.63) is 35.6 Å². The highest BCUT2D eigenvalue weighted by molar-refractivity contribution is 5.20. The van der Waals surface area contributed by atoms with Crippen LogP contribution in [0.2, 0.25) is 0 Å². The molecule has 0 aliphatic heterocycles. The molecule has 0 heterocycles. The van der Waals surface area contributed by atoms with Gasteiger partial charge in [0.1, 0.15) is 11.9 Å². The van der Waals surface area contributed by atoms with Crippen LogP contribution in [-0.2, 0) is 0 Å². The molecule has 0 aliphatic rings. The van der Waals surface area contributed by atoms with Gasteiger partial charge < -0.3 is 10.2 Å². The van der Waals surface area contributed by atoms with E-state index in [0.29, 0.717) is 0 Å². The second-order valence-electron chi connectivity index (χ2n) is 2.90. The Hall–Kier alpha value is -1.44. The Morgan fingerprint density at radius 1 is 1.36 bits per heavy atom. The molecule has 2 unspecified atom stereocenters. The summed E-state index contributed by atoms with van der Waals surface area (Å²) in [7, 11) is 0. The molecule has 74 valence electrons. The molecule has 2 N–H and O–H groups in total. The first kappa shape index (κ1) is 10.6. The topological polar surface area (TPSA) is 64.2 Å². The Labute approximate surface area is 81.0 Å². The highest BCUT2D eigenvalue weighted by Gasteiger charge is 2.20. The summed E-state index contributed by atoms with van der Waals surface area (Å²) in [4.78, 5) is 0. The zero-order valence-corrected chi connectivity index (χ0v) is 7.39. The number of nitriles is 1. The average Bonchev–Trinajstić information content (AvgIpc) is 2.18. The van der Waals surface area contributed by atoms with Crippen molar-refractivity contribution in [1.82, 2.24) is 0 Å². The van der Waals surface area contributed by atoms with E-state index in [1.807, 2.05) is 0 Å². The molecule has 3 nitrogen and oxygen atoms in total. The van der Waals surface area contributed by atoms with Crippen LogP contribution in [0.5, 0.6) is 0 Å². The predicted molar refractivity (Wildman–Crippen MR) is 47.6 cm³/mol. The Bertz CT molecular complexity index is 348. The van der Waals surface area contributed by atoms with E-state index in [1.54, 1.807) is 12.1 Å². The molecule has 0 radical (unpaired) electrons. The Balaban J connectivity index is 2.84. The first-order chi connectivity index (χ1) is 6.66. The molecule has 0 aromatic heterocycles. The molecule has 4 heteroatoms.